The summed E-state index contributed by atoms with van der Waals surface area (Å²) in [7, 11) is -3.93. The van der Waals surface area contributed by atoms with Crippen molar-refractivity contribution in [1.82, 2.24) is 0 Å². The predicted octanol–water partition coefficient (Wildman–Crippen LogP) is 8.91. The molecule has 244 valence electrons. The Morgan fingerprint density at radius 2 is 1.17 bits per heavy atom. The molecule has 42 heavy (non-hydrogen) atoms. The van der Waals surface area contributed by atoms with Crippen LogP contribution in [0.4, 0.5) is 0 Å². The fourth-order valence-electron chi connectivity index (χ4n) is 4.89. The van der Waals surface area contributed by atoms with Gasteiger partial charge in [-0.2, -0.15) is 8.42 Å². The van der Waals surface area contributed by atoms with E-state index in [4.69, 9.17) is 18.4 Å². The summed E-state index contributed by atoms with van der Waals surface area (Å²) in [6.07, 6.45) is 19.3. The average Bonchev–Trinajstić information content (AvgIpc) is 2.97. The van der Waals surface area contributed by atoms with Crippen molar-refractivity contribution in [2.75, 3.05) is 26.4 Å². The van der Waals surface area contributed by atoms with E-state index < -0.39 is 22.3 Å². The van der Waals surface area contributed by atoms with Crippen molar-refractivity contribution in [2.45, 2.75) is 148 Å². The van der Waals surface area contributed by atoms with Crippen molar-refractivity contribution in [3.05, 3.63) is 29.8 Å². The molecule has 1 atom stereocenters. The molecule has 0 heterocycles. The van der Waals surface area contributed by atoms with E-state index in [0.29, 0.717) is 26.1 Å². The van der Waals surface area contributed by atoms with E-state index in [1.54, 1.807) is 12.1 Å². The Morgan fingerprint density at radius 3 is 1.64 bits per heavy atom. The molecule has 1 aromatic carbocycles. The monoisotopic (exact) mass is 612 g/mol. The zero-order chi connectivity index (χ0) is 30.9. The third-order valence-electron chi connectivity index (χ3n) is 7.46. The van der Waals surface area contributed by atoms with Crippen LogP contribution in [0, 0.1) is 12.8 Å². The zero-order valence-corrected chi connectivity index (χ0v) is 27.9. The maximum atomic E-state index is 12.7. The summed E-state index contributed by atoms with van der Waals surface area (Å²) in [5, 5.41) is 0. The fourth-order valence-corrected chi connectivity index (χ4v) is 5.87. The highest BCUT2D eigenvalue weighted by atomic mass is 32.2. The SMILES string of the molecule is CCCCCCCCCCCCCCCCCC(=O)OC[C@@H](COS(=O)(=O)c1ccc(C)cc1)CC(OCC)OCC. The van der Waals surface area contributed by atoms with E-state index >= 15 is 0 Å². The van der Waals surface area contributed by atoms with Gasteiger partial charge in [0.15, 0.2) is 6.29 Å². The van der Waals surface area contributed by atoms with E-state index in [0.717, 1.165) is 24.8 Å². The van der Waals surface area contributed by atoms with Crippen molar-refractivity contribution in [2.24, 2.45) is 5.92 Å². The van der Waals surface area contributed by atoms with Crippen molar-refractivity contribution in [3.8, 4) is 0 Å². The molecule has 1 aromatic rings. The van der Waals surface area contributed by atoms with Gasteiger partial charge < -0.3 is 14.2 Å². The Labute approximate surface area is 257 Å². The third kappa shape index (κ3) is 19.7. The van der Waals surface area contributed by atoms with E-state index in [9.17, 15) is 13.2 Å². The minimum Gasteiger partial charge on any atom is -0.465 e. The standard InChI is InChI=1S/C34H60O7S/c1-5-8-9-10-11-12-13-14-15-16-17-18-19-20-21-22-33(35)40-28-31(27-34(38-6-2)39-7-3)29-41-42(36,37)32-25-23-30(4)24-26-32/h23-26,31,34H,5-22,27-29H2,1-4H3/t31-/m0/s1. The number of ether oxygens (including phenoxy) is 3. The Hall–Kier alpha value is -1.48. The Bertz CT molecular complexity index is 880. The number of hydrogen-bond donors (Lipinski definition) is 0. The van der Waals surface area contributed by atoms with E-state index in [1.807, 2.05) is 20.8 Å². The molecule has 1 rings (SSSR count). The number of esters is 1. The number of rotatable bonds is 28. The molecule has 0 aliphatic heterocycles. The quantitative estimate of drug-likeness (QED) is 0.0404. The molecule has 0 aromatic heterocycles. The smallest absolute Gasteiger partial charge is 0.305 e. The highest BCUT2D eigenvalue weighted by Crippen LogP contribution is 2.19. The number of carbonyl (C=O) groups excluding carboxylic acids is 1. The van der Waals surface area contributed by atoms with Crippen LogP contribution in [0.3, 0.4) is 0 Å². The van der Waals surface area contributed by atoms with Crippen LogP contribution in [-0.2, 0) is 33.3 Å². The number of hydrogen-bond acceptors (Lipinski definition) is 7. The molecule has 0 aliphatic carbocycles. The largest absolute Gasteiger partial charge is 0.465 e. The van der Waals surface area contributed by atoms with Crippen LogP contribution >= 0.6 is 0 Å². The van der Waals surface area contributed by atoms with Gasteiger partial charge in [0.2, 0.25) is 0 Å². The lowest BCUT2D eigenvalue weighted by Crippen LogP contribution is -2.28. The van der Waals surface area contributed by atoms with Gasteiger partial charge in [-0.3, -0.25) is 8.98 Å². The summed E-state index contributed by atoms with van der Waals surface area (Å²) in [6, 6.07) is 6.52. The minimum atomic E-state index is -3.93. The van der Waals surface area contributed by atoms with Crippen LogP contribution in [-0.4, -0.2) is 47.1 Å². The van der Waals surface area contributed by atoms with Crippen LogP contribution in [0.15, 0.2) is 29.2 Å². The lowest BCUT2D eigenvalue weighted by Gasteiger charge is -2.23. The topological polar surface area (TPSA) is 88.1 Å². The van der Waals surface area contributed by atoms with Crippen LogP contribution < -0.4 is 0 Å². The van der Waals surface area contributed by atoms with Crippen molar-refractivity contribution >= 4 is 16.1 Å². The van der Waals surface area contributed by atoms with Crippen molar-refractivity contribution in [3.63, 3.8) is 0 Å². The summed E-state index contributed by atoms with van der Waals surface area (Å²) in [5.41, 5.74) is 0.962. The maximum absolute atomic E-state index is 12.7. The van der Waals surface area contributed by atoms with Crippen molar-refractivity contribution in [1.29, 1.82) is 0 Å². The second kappa shape index (κ2) is 24.9. The van der Waals surface area contributed by atoms with Crippen molar-refractivity contribution < 1.29 is 31.6 Å². The highest BCUT2D eigenvalue weighted by molar-refractivity contribution is 7.86. The molecule has 0 spiro atoms. The second-order valence-corrected chi connectivity index (χ2v) is 13.0. The second-order valence-electron chi connectivity index (χ2n) is 11.4. The van der Waals surface area contributed by atoms with E-state index in [-0.39, 0.29) is 24.1 Å². The molecule has 0 bridgehead atoms. The molecule has 0 amide bonds. The van der Waals surface area contributed by atoms with E-state index in [2.05, 4.69) is 6.92 Å². The van der Waals surface area contributed by atoms with Gasteiger partial charge in [0.1, 0.15) is 0 Å². The van der Waals surface area contributed by atoms with E-state index in [1.165, 1.54) is 89.2 Å². The Kier molecular flexibility index (Phi) is 22.9. The third-order valence-corrected chi connectivity index (χ3v) is 8.76. The lowest BCUT2D eigenvalue weighted by atomic mass is 10.0. The van der Waals surface area contributed by atoms with Gasteiger partial charge in [0.25, 0.3) is 10.1 Å². The van der Waals surface area contributed by atoms with Crippen LogP contribution in [0.25, 0.3) is 0 Å². The number of carbonyl (C=O) groups is 1. The molecular formula is C34H60O7S. The first-order valence-corrected chi connectivity index (χ1v) is 18.1. The molecule has 7 nitrogen and oxygen atoms in total. The number of aryl methyl sites for hydroxylation is 1. The maximum Gasteiger partial charge on any atom is 0.305 e. The van der Waals surface area contributed by atoms with Crippen LogP contribution in [0.2, 0.25) is 0 Å². The first kappa shape index (κ1) is 38.5. The average molecular weight is 613 g/mol. The molecule has 0 aliphatic rings. The van der Waals surface area contributed by atoms with Gasteiger partial charge in [-0.1, -0.05) is 115 Å². The van der Waals surface area contributed by atoms with Gasteiger partial charge in [0, 0.05) is 32.0 Å². The first-order chi connectivity index (χ1) is 20.3. The van der Waals surface area contributed by atoms with Gasteiger partial charge >= 0.3 is 5.97 Å². The number of benzene rings is 1. The molecule has 0 fully saturated rings. The number of unbranched alkanes of at least 4 members (excludes halogenated alkanes) is 14. The first-order valence-electron chi connectivity index (χ1n) is 16.7. The van der Waals surface area contributed by atoms with Gasteiger partial charge in [-0.15, -0.1) is 0 Å². The van der Waals surface area contributed by atoms with Gasteiger partial charge in [0.05, 0.1) is 18.1 Å². The highest BCUT2D eigenvalue weighted by Gasteiger charge is 2.23. The fraction of sp³-hybridized carbons (Fsp3) is 0.794. The summed E-state index contributed by atoms with van der Waals surface area (Å²) >= 11 is 0. The predicted molar refractivity (Wildman–Crippen MR) is 170 cm³/mol. The van der Waals surface area contributed by atoms with Gasteiger partial charge in [-0.05, 0) is 39.3 Å². The normalized spacial score (nSPS) is 12.6. The Balaban J connectivity index is 2.30. The van der Waals surface area contributed by atoms with Crippen LogP contribution in [0.5, 0.6) is 0 Å². The molecule has 0 saturated carbocycles. The zero-order valence-electron chi connectivity index (χ0n) is 27.1. The minimum absolute atomic E-state index is 0.0532. The summed E-state index contributed by atoms with van der Waals surface area (Å²) < 4.78 is 47.6. The molecule has 0 radical (unpaired) electrons. The van der Waals surface area contributed by atoms with Gasteiger partial charge in [-0.25, -0.2) is 0 Å². The molecule has 8 heteroatoms. The molecule has 0 N–H and O–H groups in total. The summed E-state index contributed by atoms with van der Waals surface area (Å²) in [5.74, 6) is -0.654. The Morgan fingerprint density at radius 1 is 0.690 bits per heavy atom. The molecule has 0 unspecified atom stereocenters. The summed E-state index contributed by atoms with van der Waals surface area (Å²) in [4.78, 5) is 12.5. The summed E-state index contributed by atoms with van der Waals surface area (Å²) in [6.45, 7) is 8.74. The van der Waals surface area contributed by atoms with Crippen LogP contribution in [0.1, 0.15) is 135 Å². The molecule has 0 saturated heterocycles. The molecular weight excluding hydrogens is 552 g/mol. The lowest BCUT2D eigenvalue weighted by molar-refractivity contribution is -0.158.